The van der Waals surface area contributed by atoms with E-state index in [1.54, 1.807) is 7.11 Å². The Kier molecular flexibility index (Phi) is 5.90. The second kappa shape index (κ2) is 7.68. The molecular weight excluding hydrogens is 246 g/mol. The van der Waals surface area contributed by atoms with Gasteiger partial charge in [0.1, 0.15) is 5.75 Å². The van der Waals surface area contributed by atoms with Crippen LogP contribution in [-0.4, -0.2) is 13.7 Å². The third kappa shape index (κ3) is 3.76. The van der Waals surface area contributed by atoms with Crippen molar-refractivity contribution in [2.45, 2.75) is 58.4 Å². The summed E-state index contributed by atoms with van der Waals surface area (Å²) in [5, 5.41) is 3.79. The molecule has 0 spiro atoms. The van der Waals surface area contributed by atoms with Crippen LogP contribution in [0, 0.1) is 5.92 Å². The number of methoxy groups -OCH3 is 1. The van der Waals surface area contributed by atoms with Crippen molar-refractivity contribution in [2.75, 3.05) is 13.7 Å². The van der Waals surface area contributed by atoms with Gasteiger partial charge >= 0.3 is 0 Å². The molecular formula is C18H29NO. The predicted octanol–water partition coefficient (Wildman–Crippen LogP) is 4.49. The SMILES string of the molecule is CCCCC(CC)CNC1CCc2ccc(OC)cc21. The van der Waals surface area contributed by atoms with Crippen molar-refractivity contribution in [1.82, 2.24) is 5.32 Å². The molecule has 0 aliphatic heterocycles. The van der Waals surface area contributed by atoms with Crippen LogP contribution in [0.3, 0.4) is 0 Å². The smallest absolute Gasteiger partial charge is 0.119 e. The molecule has 2 atom stereocenters. The van der Waals surface area contributed by atoms with Gasteiger partial charge in [0.2, 0.25) is 0 Å². The lowest BCUT2D eigenvalue weighted by Crippen LogP contribution is -2.26. The van der Waals surface area contributed by atoms with E-state index in [1.807, 2.05) is 0 Å². The molecule has 2 rings (SSSR count). The zero-order chi connectivity index (χ0) is 14.4. The molecule has 1 aliphatic carbocycles. The monoisotopic (exact) mass is 275 g/mol. The molecule has 112 valence electrons. The van der Waals surface area contributed by atoms with Crippen molar-refractivity contribution < 1.29 is 4.74 Å². The third-order valence-corrected chi connectivity index (χ3v) is 4.63. The number of unbranched alkanes of at least 4 members (excludes halogenated alkanes) is 1. The molecule has 20 heavy (non-hydrogen) atoms. The first kappa shape index (κ1) is 15.4. The summed E-state index contributed by atoms with van der Waals surface area (Å²) in [5.41, 5.74) is 2.94. The number of hydrogen-bond acceptors (Lipinski definition) is 2. The molecule has 2 heteroatoms. The summed E-state index contributed by atoms with van der Waals surface area (Å²) in [5.74, 6) is 1.81. The van der Waals surface area contributed by atoms with E-state index in [0.717, 1.165) is 18.2 Å². The second-order valence-corrected chi connectivity index (χ2v) is 5.98. The van der Waals surface area contributed by atoms with Crippen molar-refractivity contribution >= 4 is 0 Å². The fourth-order valence-corrected chi connectivity index (χ4v) is 3.17. The van der Waals surface area contributed by atoms with E-state index in [4.69, 9.17) is 4.74 Å². The maximum atomic E-state index is 5.36. The van der Waals surface area contributed by atoms with Gasteiger partial charge in [0.25, 0.3) is 0 Å². The summed E-state index contributed by atoms with van der Waals surface area (Å²) in [4.78, 5) is 0. The first-order valence-electron chi connectivity index (χ1n) is 8.18. The van der Waals surface area contributed by atoms with E-state index in [9.17, 15) is 0 Å². The quantitative estimate of drug-likeness (QED) is 0.755. The molecule has 0 saturated carbocycles. The van der Waals surface area contributed by atoms with Gasteiger partial charge < -0.3 is 10.1 Å². The average Bonchev–Trinajstić information content (AvgIpc) is 2.89. The molecule has 1 aromatic carbocycles. The number of rotatable bonds is 8. The number of aryl methyl sites for hydroxylation is 1. The van der Waals surface area contributed by atoms with Crippen LogP contribution in [0.25, 0.3) is 0 Å². The highest BCUT2D eigenvalue weighted by atomic mass is 16.5. The summed E-state index contributed by atoms with van der Waals surface area (Å²) in [6.45, 7) is 5.74. The Balaban J connectivity index is 1.92. The Bertz CT molecular complexity index is 416. The molecule has 0 amide bonds. The van der Waals surface area contributed by atoms with Crippen LogP contribution in [0.5, 0.6) is 5.75 Å². The van der Waals surface area contributed by atoms with Crippen molar-refractivity contribution in [3.05, 3.63) is 29.3 Å². The summed E-state index contributed by atoms with van der Waals surface area (Å²) in [6, 6.07) is 7.05. The average molecular weight is 275 g/mol. The van der Waals surface area contributed by atoms with Crippen LogP contribution in [-0.2, 0) is 6.42 Å². The van der Waals surface area contributed by atoms with Crippen LogP contribution >= 0.6 is 0 Å². The molecule has 1 aliphatic rings. The van der Waals surface area contributed by atoms with Crippen LogP contribution in [0.15, 0.2) is 18.2 Å². The molecule has 0 radical (unpaired) electrons. The van der Waals surface area contributed by atoms with Crippen LogP contribution in [0.1, 0.15) is 63.1 Å². The van der Waals surface area contributed by atoms with Gasteiger partial charge in [-0.2, -0.15) is 0 Å². The van der Waals surface area contributed by atoms with E-state index in [-0.39, 0.29) is 0 Å². The van der Waals surface area contributed by atoms with Crippen LogP contribution in [0.4, 0.5) is 0 Å². The molecule has 2 unspecified atom stereocenters. The summed E-state index contributed by atoms with van der Waals surface area (Å²) in [6.07, 6.45) is 7.73. The van der Waals surface area contributed by atoms with Gasteiger partial charge in [0.15, 0.2) is 0 Å². The highest BCUT2D eigenvalue weighted by Crippen LogP contribution is 2.33. The lowest BCUT2D eigenvalue weighted by molar-refractivity contribution is 0.388. The van der Waals surface area contributed by atoms with Gasteiger partial charge in [-0.15, -0.1) is 0 Å². The summed E-state index contributed by atoms with van der Waals surface area (Å²) >= 11 is 0. The highest BCUT2D eigenvalue weighted by molar-refractivity contribution is 5.40. The van der Waals surface area contributed by atoms with Gasteiger partial charge in [-0.1, -0.05) is 39.2 Å². The van der Waals surface area contributed by atoms with Gasteiger partial charge in [-0.25, -0.2) is 0 Å². The third-order valence-electron chi connectivity index (χ3n) is 4.63. The zero-order valence-corrected chi connectivity index (χ0v) is 13.2. The molecule has 0 bridgehead atoms. The number of hydrogen-bond donors (Lipinski definition) is 1. The minimum atomic E-state index is 0.524. The molecule has 0 saturated heterocycles. The number of benzene rings is 1. The topological polar surface area (TPSA) is 21.3 Å². The van der Waals surface area contributed by atoms with E-state index >= 15 is 0 Å². The predicted molar refractivity (Wildman–Crippen MR) is 85.4 cm³/mol. The number of ether oxygens (including phenoxy) is 1. The highest BCUT2D eigenvalue weighted by Gasteiger charge is 2.23. The number of fused-ring (bicyclic) bond motifs is 1. The van der Waals surface area contributed by atoms with Gasteiger partial charge in [0.05, 0.1) is 7.11 Å². The largest absolute Gasteiger partial charge is 0.497 e. The van der Waals surface area contributed by atoms with E-state index in [2.05, 4.69) is 37.4 Å². The number of nitrogens with one attached hydrogen (secondary N) is 1. The van der Waals surface area contributed by atoms with Gasteiger partial charge in [-0.05, 0) is 55.0 Å². The lowest BCUT2D eigenvalue weighted by Gasteiger charge is -2.20. The molecule has 1 aromatic rings. The molecule has 0 heterocycles. The fourth-order valence-electron chi connectivity index (χ4n) is 3.17. The Labute approximate surface area is 123 Å². The summed E-state index contributed by atoms with van der Waals surface area (Å²) < 4.78 is 5.36. The van der Waals surface area contributed by atoms with Crippen LogP contribution in [0.2, 0.25) is 0 Å². The fraction of sp³-hybridized carbons (Fsp3) is 0.667. The molecule has 1 N–H and O–H groups in total. The van der Waals surface area contributed by atoms with Gasteiger partial charge in [0, 0.05) is 6.04 Å². The first-order chi connectivity index (χ1) is 9.78. The Morgan fingerprint density at radius 2 is 2.20 bits per heavy atom. The Morgan fingerprint density at radius 3 is 2.90 bits per heavy atom. The normalized spacial score (nSPS) is 18.9. The zero-order valence-electron chi connectivity index (χ0n) is 13.2. The van der Waals surface area contributed by atoms with Crippen molar-refractivity contribution in [1.29, 1.82) is 0 Å². The maximum absolute atomic E-state index is 5.36. The molecule has 2 nitrogen and oxygen atoms in total. The van der Waals surface area contributed by atoms with E-state index in [1.165, 1.54) is 49.7 Å². The Morgan fingerprint density at radius 1 is 1.35 bits per heavy atom. The summed E-state index contributed by atoms with van der Waals surface area (Å²) in [7, 11) is 1.75. The van der Waals surface area contributed by atoms with Crippen molar-refractivity contribution in [3.8, 4) is 5.75 Å². The molecule has 0 fully saturated rings. The lowest BCUT2D eigenvalue weighted by atomic mass is 9.98. The van der Waals surface area contributed by atoms with Crippen LogP contribution < -0.4 is 10.1 Å². The van der Waals surface area contributed by atoms with E-state index < -0.39 is 0 Å². The minimum Gasteiger partial charge on any atom is -0.497 e. The molecule has 0 aromatic heterocycles. The van der Waals surface area contributed by atoms with Crippen molar-refractivity contribution in [3.63, 3.8) is 0 Å². The minimum absolute atomic E-state index is 0.524. The first-order valence-corrected chi connectivity index (χ1v) is 8.18. The van der Waals surface area contributed by atoms with Crippen molar-refractivity contribution in [2.24, 2.45) is 5.92 Å². The van der Waals surface area contributed by atoms with E-state index in [0.29, 0.717) is 6.04 Å². The second-order valence-electron chi connectivity index (χ2n) is 5.98. The van der Waals surface area contributed by atoms with Gasteiger partial charge in [-0.3, -0.25) is 0 Å². The Hall–Kier alpha value is -1.02. The maximum Gasteiger partial charge on any atom is 0.119 e. The standard InChI is InChI=1S/C18H29NO/c1-4-6-7-14(5-2)13-19-18-11-9-15-8-10-16(20-3)12-17(15)18/h8,10,12,14,18-19H,4-7,9,11,13H2,1-3H3.